The summed E-state index contributed by atoms with van der Waals surface area (Å²) in [6.45, 7) is 0.578. The van der Waals surface area contributed by atoms with Crippen molar-refractivity contribution in [3.8, 4) is 0 Å². The van der Waals surface area contributed by atoms with Gasteiger partial charge in [0, 0.05) is 19.3 Å². The van der Waals surface area contributed by atoms with E-state index in [-0.39, 0.29) is 6.54 Å². The van der Waals surface area contributed by atoms with Crippen LogP contribution in [0.2, 0.25) is 0 Å². The van der Waals surface area contributed by atoms with Crippen LogP contribution in [0, 0.1) is 5.82 Å². The minimum absolute atomic E-state index is 0.188. The Morgan fingerprint density at radius 1 is 1.10 bits per heavy atom. The van der Waals surface area contributed by atoms with E-state index in [2.05, 4.69) is 15.3 Å². The molecular weight excluding hydrogens is 274 g/mol. The zero-order valence-electron chi connectivity index (χ0n) is 10.3. The fourth-order valence-corrected chi connectivity index (χ4v) is 1.66. The number of aromatic nitrogens is 2. The van der Waals surface area contributed by atoms with Crippen molar-refractivity contribution < 1.29 is 17.6 Å². The Morgan fingerprint density at radius 2 is 1.90 bits per heavy atom. The van der Waals surface area contributed by atoms with Crippen LogP contribution in [0.25, 0.3) is 0 Å². The molecular formula is C13H11F4N3. The Bertz CT molecular complexity index is 570. The normalized spacial score (nSPS) is 11.6. The Labute approximate surface area is 112 Å². The summed E-state index contributed by atoms with van der Waals surface area (Å²) in [7, 11) is 0. The first-order valence-electron chi connectivity index (χ1n) is 5.78. The molecule has 20 heavy (non-hydrogen) atoms. The molecule has 106 valence electrons. The molecule has 0 fully saturated rings. The second-order valence-corrected chi connectivity index (χ2v) is 4.12. The summed E-state index contributed by atoms with van der Waals surface area (Å²) < 4.78 is 50.7. The molecule has 1 aromatic carbocycles. The highest BCUT2D eigenvalue weighted by Crippen LogP contribution is 2.31. The second kappa shape index (κ2) is 5.96. The quantitative estimate of drug-likeness (QED) is 0.878. The van der Waals surface area contributed by atoms with Gasteiger partial charge in [-0.3, -0.25) is 0 Å². The summed E-state index contributed by atoms with van der Waals surface area (Å²) in [6, 6.07) is 4.64. The zero-order valence-corrected chi connectivity index (χ0v) is 10.3. The van der Waals surface area contributed by atoms with Crippen LogP contribution in [0.3, 0.4) is 0 Å². The highest BCUT2D eigenvalue weighted by Gasteiger charge is 2.34. The van der Waals surface area contributed by atoms with Crippen LogP contribution >= 0.6 is 0 Å². The Balaban J connectivity index is 2.00. The van der Waals surface area contributed by atoms with Gasteiger partial charge in [0.1, 0.15) is 12.1 Å². The fourth-order valence-electron chi connectivity index (χ4n) is 1.66. The molecule has 1 aromatic heterocycles. The van der Waals surface area contributed by atoms with Crippen molar-refractivity contribution in [2.24, 2.45) is 0 Å². The topological polar surface area (TPSA) is 37.8 Å². The van der Waals surface area contributed by atoms with Crippen LogP contribution in [0.4, 0.5) is 17.6 Å². The standard InChI is InChI=1S/C13H11F4N3/c14-12-2-1-9(5-11(12)13(15,16)17)6-19-7-10-3-4-18-8-20-10/h1-5,8,19H,6-7H2. The zero-order chi connectivity index (χ0) is 14.6. The van der Waals surface area contributed by atoms with Gasteiger partial charge < -0.3 is 5.32 Å². The number of alkyl halides is 3. The molecule has 0 aliphatic heterocycles. The average Bonchev–Trinajstić information content (AvgIpc) is 2.40. The third kappa shape index (κ3) is 3.74. The average molecular weight is 285 g/mol. The first-order chi connectivity index (χ1) is 9.47. The van der Waals surface area contributed by atoms with E-state index in [0.717, 1.165) is 17.8 Å². The monoisotopic (exact) mass is 285 g/mol. The van der Waals surface area contributed by atoms with Gasteiger partial charge in [0.15, 0.2) is 0 Å². The predicted octanol–water partition coefficient (Wildman–Crippen LogP) is 2.92. The summed E-state index contributed by atoms with van der Waals surface area (Å²) in [4.78, 5) is 7.72. The van der Waals surface area contributed by atoms with Gasteiger partial charge in [-0.1, -0.05) is 6.07 Å². The lowest BCUT2D eigenvalue weighted by Gasteiger charge is -2.10. The minimum Gasteiger partial charge on any atom is -0.307 e. The number of nitrogens with zero attached hydrogens (tertiary/aromatic N) is 2. The summed E-state index contributed by atoms with van der Waals surface area (Å²) in [5.41, 5.74) is -0.176. The molecule has 0 saturated heterocycles. The molecule has 0 saturated carbocycles. The molecule has 0 aliphatic rings. The van der Waals surface area contributed by atoms with Crippen LogP contribution in [0.5, 0.6) is 0 Å². The number of halogens is 4. The largest absolute Gasteiger partial charge is 0.419 e. The Hall–Kier alpha value is -2.02. The molecule has 7 heteroatoms. The van der Waals surface area contributed by atoms with Crippen LogP contribution in [0.1, 0.15) is 16.8 Å². The molecule has 2 aromatic rings. The van der Waals surface area contributed by atoms with Gasteiger partial charge in [0.2, 0.25) is 0 Å². The highest BCUT2D eigenvalue weighted by atomic mass is 19.4. The maximum Gasteiger partial charge on any atom is 0.419 e. The number of benzene rings is 1. The van der Waals surface area contributed by atoms with E-state index in [1.807, 2.05) is 0 Å². The van der Waals surface area contributed by atoms with Gasteiger partial charge >= 0.3 is 6.18 Å². The number of rotatable bonds is 4. The van der Waals surface area contributed by atoms with Gasteiger partial charge in [-0.05, 0) is 23.8 Å². The van der Waals surface area contributed by atoms with Crippen LogP contribution in [-0.4, -0.2) is 9.97 Å². The molecule has 3 nitrogen and oxygen atoms in total. The van der Waals surface area contributed by atoms with Crippen LogP contribution in [0.15, 0.2) is 36.8 Å². The van der Waals surface area contributed by atoms with E-state index in [1.54, 1.807) is 12.3 Å². The minimum atomic E-state index is -4.69. The molecule has 1 heterocycles. The molecule has 1 N–H and O–H groups in total. The maximum atomic E-state index is 13.1. The molecule has 2 rings (SSSR count). The van der Waals surface area contributed by atoms with E-state index < -0.39 is 17.6 Å². The van der Waals surface area contributed by atoms with E-state index in [0.29, 0.717) is 12.1 Å². The van der Waals surface area contributed by atoms with E-state index in [4.69, 9.17) is 0 Å². The fraction of sp³-hybridized carbons (Fsp3) is 0.231. The highest BCUT2D eigenvalue weighted by molar-refractivity contribution is 5.27. The van der Waals surface area contributed by atoms with Crippen molar-refractivity contribution in [2.45, 2.75) is 19.3 Å². The molecule has 0 aliphatic carbocycles. The van der Waals surface area contributed by atoms with Crippen molar-refractivity contribution >= 4 is 0 Å². The van der Waals surface area contributed by atoms with E-state index in [9.17, 15) is 17.6 Å². The molecule has 0 atom stereocenters. The molecule has 0 radical (unpaired) electrons. The van der Waals surface area contributed by atoms with E-state index in [1.165, 1.54) is 12.4 Å². The summed E-state index contributed by atoms with van der Waals surface area (Å²) in [5.74, 6) is -1.27. The van der Waals surface area contributed by atoms with Crippen molar-refractivity contribution in [1.29, 1.82) is 0 Å². The second-order valence-electron chi connectivity index (χ2n) is 4.12. The first-order valence-corrected chi connectivity index (χ1v) is 5.78. The maximum absolute atomic E-state index is 13.1. The van der Waals surface area contributed by atoms with Gasteiger partial charge in [-0.2, -0.15) is 13.2 Å². The summed E-state index contributed by atoms with van der Waals surface area (Å²) in [5, 5.41) is 2.94. The smallest absolute Gasteiger partial charge is 0.307 e. The van der Waals surface area contributed by atoms with Crippen LogP contribution < -0.4 is 5.32 Å². The molecule has 0 amide bonds. The third-order valence-corrected chi connectivity index (χ3v) is 2.61. The van der Waals surface area contributed by atoms with Crippen molar-refractivity contribution in [3.05, 3.63) is 59.4 Å². The van der Waals surface area contributed by atoms with Gasteiger partial charge in [-0.15, -0.1) is 0 Å². The van der Waals surface area contributed by atoms with Crippen molar-refractivity contribution in [2.75, 3.05) is 0 Å². The molecule has 0 spiro atoms. The van der Waals surface area contributed by atoms with Gasteiger partial charge in [0.05, 0.1) is 11.3 Å². The first kappa shape index (κ1) is 14.4. The molecule has 0 unspecified atom stereocenters. The van der Waals surface area contributed by atoms with Crippen molar-refractivity contribution in [3.63, 3.8) is 0 Å². The number of hydrogen-bond acceptors (Lipinski definition) is 3. The third-order valence-electron chi connectivity index (χ3n) is 2.61. The van der Waals surface area contributed by atoms with E-state index >= 15 is 0 Å². The summed E-state index contributed by atoms with van der Waals surface area (Å²) in [6.07, 6.45) is -1.73. The summed E-state index contributed by atoms with van der Waals surface area (Å²) >= 11 is 0. The number of nitrogens with one attached hydrogen (secondary N) is 1. The molecule has 0 bridgehead atoms. The number of hydrogen-bond donors (Lipinski definition) is 1. The Morgan fingerprint density at radius 3 is 2.55 bits per heavy atom. The van der Waals surface area contributed by atoms with Gasteiger partial charge in [0.25, 0.3) is 0 Å². The van der Waals surface area contributed by atoms with Crippen molar-refractivity contribution in [1.82, 2.24) is 15.3 Å². The SMILES string of the molecule is Fc1ccc(CNCc2ccncn2)cc1C(F)(F)F. The lowest BCUT2D eigenvalue weighted by molar-refractivity contribution is -0.140. The Kier molecular flexibility index (Phi) is 4.29. The predicted molar refractivity (Wildman–Crippen MR) is 64.0 cm³/mol. The van der Waals surface area contributed by atoms with Crippen LogP contribution in [-0.2, 0) is 19.3 Å². The lowest BCUT2D eigenvalue weighted by atomic mass is 10.1. The lowest BCUT2D eigenvalue weighted by Crippen LogP contribution is -2.15. The van der Waals surface area contributed by atoms with Gasteiger partial charge in [-0.25, -0.2) is 14.4 Å².